The quantitative estimate of drug-likeness (QED) is 0.569. The standard InChI is InChI=1S/C18H24N2O2/c1-5-22-18(21)17(11-19)12-20-14(4)16-8-6-15(7-9-16)10-13(2)3/h6-9,12-14,17H,5,10H2,1-4H3/t14-,17-/m1/s1. The van der Waals surface area contributed by atoms with E-state index in [4.69, 9.17) is 10.00 Å². The molecule has 4 nitrogen and oxygen atoms in total. The van der Waals surface area contributed by atoms with Gasteiger partial charge in [0.2, 0.25) is 0 Å². The number of esters is 1. The molecule has 0 aliphatic heterocycles. The molecule has 4 heteroatoms. The second kappa shape index (κ2) is 8.99. The maximum atomic E-state index is 11.5. The van der Waals surface area contributed by atoms with Gasteiger partial charge in [0.1, 0.15) is 0 Å². The number of carbonyl (C=O) groups is 1. The van der Waals surface area contributed by atoms with Crippen molar-refractivity contribution in [2.45, 2.75) is 40.2 Å². The SMILES string of the molecule is CCOC(=O)[C@H](C#N)C=N[C@H](C)c1ccc(CC(C)C)cc1. The first-order valence-corrected chi connectivity index (χ1v) is 7.66. The molecule has 1 aromatic carbocycles. The summed E-state index contributed by atoms with van der Waals surface area (Å²) in [5.74, 6) is -0.863. The van der Waals surface area contributed by atoms with Gasteiger partial charge in [-0.15, -0.1) is 0 Å². The normalized spacial score (nSPS) is 13.8. The summed E-state index contributed by atoms with van der Waals surface area (Å²) < 4.78 is 4.83. The van der Waals surface area contributed by atoms with Gasteiger partial charge in [0, 0.05) is 6.21 Å². The molecule has 22 heavy (non-hydrogen) atoms. The van der Waals surface area contributed by atoms with Crippen molar-refractivity contribution >= 4 is 12.2 Å². The third-order valence-electron chi connectivity index (χ3n) is 3.24. The Hall–Kier alpha value is -2.15. The Bertz CT molecular complexity index is 541. The average Bonchev–Trinajstić information content (AvgIpc) is 2.48. The van der Waals surface area contributed by atoms with E-state index in [1.807, 2.05) is 25.1 Å². The van der Waals surface area contributed by atoms with Crippen molar-refractivity contribution in [3.63, 3.8) is 0 Å². The van der Waals surface area contributed by atoms with E-state index < -0.39 is 11.9 Å². The Balaban J connectivity index is 2.71. The van der Waals surface area contributed by atoms with E-state index in [0.29, 0.717) is 5.92 Å². The average molecular weight is 300 g/mol. The molecule has 0 saturated carbocycles. The zero-order chi connectivity index (χ0) is 16.5. The Labute approximate surface area is 132 Å². The monoisotopic (exact) mass is 300 g/mol. The molecular weight excluding hydrogens is 276 g/mol. The van der Waals surface area contributed by atoms with Crippen LogP contribution < -0.4 is 0 Å². The van der Waals surface area contributed by atoms with Crippen molar-refractivity contribution in [3.05, 3.63) is 35.4 Å². The van der Waals surface area contributed by atoms with Crippen molar-refractivity contribution in [2.75, 3.05) is 6.61 Å². The molecule has 0 N–H and O–H groups in total. The van der Waals surface area contributed by atoms with E-state index in [2.05, 4.69) is 31.0 Å². The van der Waals surface area contributed by atoms with Crippen LogP contribution >= 0.6 is 0 Å². The Morgan fingerprint density at radius 3 is 2.45 bits per heavy atom. The van der Waals surface area contributed by atoms with E-state index >= 15 is 0 Å². The summed E-state index contributed by atoms with van der Waals surface area (Å²) in [7, 11) is 0. The third-order valence-corrected chi connectivity index (χ3v) is 3.24. The van der Waals surface area contributed by atoms with Crippen molar-refractivity contribution in [1.82, 2.24) is 0 Å². The van der Waals surface area contributed by atoms with Crippen LogP contribution in [0.5, 0.6) is 0 Å². The highest BCUT2D eigenvalue weighted by Gasteiger charge is 2.16. The lowest BCUT2D eigenvalue weighted by molar-refractivity contribution is -0.143. The van der Waals surface area contributed by atoms with E-state index in [-0.39, 0.29) is 12.6 Å². The summed E-state index contributed by atoms with van der Waals surface area (Å²) in [6.45, 7) is 8.30. The highest BCUT2D eigenvalue weighted by atomic mass is 16.5. The van der Waals surface area contributed by atoms with Crippen molar-refractivity contribution < 1.29 is 9.53 Å². The number of carbonyl (C=O) groups excluding carboxylic acids is 1. The fraction of sp³-hybridized carbons (Fsp3) is 0.500. The van der Waals surface area contributed by atoms with Crippen molar-refractivity contribution in [1.29, 1.82) is 5.26 Å². The molecule has 0 aliphatic carbocycles. The molecule has 0 saturated heterocycles. The molecule has 1 aromatic rings. The highest BCUT2D eigenvalue weighted by molar-refractivity contribution is 5.92. The summed E-state index contributed by atoms with van der Waals surface area (Å²) >= 11 is 0. The van der Waals surface area contributed by atoms with Gasteiger partial charge in [0.15, 0.2) is 5.92 Å². The summed E-state index contributed by atoms with van der Waals surface area (Å²) in [5, 5.41) is 8.98. The van der Waals surface area contributed by atoms with E-state index in [0.717, 1.165) is 12.0 Å². The number of aliphatic imine (C=N–C) groups is 1. The minimum absolute atomic E-state index is 0.0987. The zero-order valence-corrected chi connectivity index (χ0v) is 13.7. The highest BCUT2D eigenvalue weighted by Crippen LogP contribution is 2.18. The fourth-order valence-corrected chi connectivity index (χ4v) is 2.08. The van der Waals surface area contributed by atoms with E-state index in [9.17, 15) is 4.79 Å². The molecule has 1 rings (SSSR count). The lowest BCUT2D eigenvalue weighted by atomic mass is 10.00. The second-order valence-electron chi connectivity index (χ2n) is 5.67. The maximum absolute atomic E-state index is 11.5. The number of hydrogen-bond acceptors (Lipinski definition) is 4. The largest absolute Gasteiger partial charge is 0.465 e. The van der Waals surface area contributed by atoms with Gasteiger partial charge in [-0.3, -0.25) is 9.79 Å². The lowest BCUT2D eigenvalue weighted by Crippen LogP contribution is -2.17. The number of nitrogens with zero attached hydrogens (tertiary/aromatic N) is 2. The third kappa shape index (κ3) is 5.69. The molecule has 0 heterocycles. The van der Waals surface area contributed by atoms with Gasteiger partial charge in [0.25, 0.3) is 0 Å². The predicted molar refractivity (Wildman–Crippen MR) is 87.6 cm³/mol. The minimum Gasteiger partial charge on any atom is -0.465 e. The van der Waals surface area contributed by atoms with Crippen LogP contribution in [0.1, 0.15) is 44.9 Å². The van der Waals surface area contributed by atoms with Crippen LogP contribution in [0.25, 0.3) is 0 Å². The maximum Gasteiger partial charge on any atom is 0.328 e. The summed E-state index contributed by atoms with van der Waals surface area (Å²) in [5.41, 5.74) is 2.36. The van der Waals surface area contributed by atoms with Gasteiger partial charge in [-0.1, -0.05) is 38.1 Å². The Morgan fingerprint density at radius 2 is 1.95 bits per heavy atom. The summed E-state index contributed by atoms with van der Waals surface area (Å²) in [6, 6.07) is 10.1. The van der Waals surface area contributed by atoms with Crippen LogP contribution in [-0.4, -0.2) is 18.8 Å². The molecule has 0 spiro atoms. The Morgan fingerprint density at radius 1 is 1.32 bits per heavy atom. The summed E-state index contributed by atoms with van der Waals surface area (Å²) in [6.07, 6.45) is 2.43. The number of benzene rings is 1. The number of rotatable bonds is 7. The Kier molecular flexibility index (Phi) is 7.31. The molecule has 0 radical (unpaired) electrons. The minimum atomic E-state index is -0.942. The van der Waals surface area contributed by atoms with Crippen molar-refractivity contribution in [2.24, 2.45) is 16.8 Å². The topological polar surface area (TPSA) is 62.5 Å². The smallest absolute Gasteiger partial charge is 0.328 e. The number of ether oxygens (including phenoxy) is 1. The molecule has 0 amide bonds. The molecular formula is C18H24N2O2. The van der Waals surface area contributed by atoms with Crippen LogP contribution in [-0.2, 0) is 16.0 Å². The van der Waals surface area contributed by atoms with Gasteiger partial charge >= 0.3 is 5.97 Å². The van der Waals surface area contributed by atoms with Gasteiger partial charge in [-0.05, 0) is 37.3 Å². The second-order valence-corrected chi connectivity index (χ2v) is 5.67. The molecule has 0 fully saturated rings. The zero-order valence-electron chi connectivity index (χ0n) is 13.7. The molecule has 0 bridgehead atoms. The number of nitriles is 1. The van der Waals surface area contributed by atoms with Crippen LogP contribution in [0.4, 0.5) is 0 Å². The van der Waals surface area contributed by atoms with E-state index in [1.165, 1.54) is 11.8 Å². The van der Waals surface area contributed by atoms with Crippen LogP contribution in [0.2, 0.25) is 0 Å². The summed E-state index contributed by atoms with van der Waals surface area (Å²) in [4.78, 5) is 15.8. The molecule has 2 atom stereocenters. The van der Waals surface area contributed by atoms with Gasteiger partial charge < -0.3 is 4.74 Å². The fourth-order valence-electron chi connectivity index (χ4n) is 2.08. The van der Waals surface area contributed by atoms with Crippen LogP contribution in [0.15, 0.2) is 29.3 Å². The lowest BCUT2D eigenvalue weighted by Gasteiger charge is -2.10. The van der Waals surface area contributed by atoms with Crippen LogP contribution in [0, 0.1) is 23.2 Å². The van der Waals surface area contributed by atoms with Crippen LogP contribution in [0.3, 0.4) is 0 Å². The first-order chi connectivity index (χ1) is 10.5. The van der Waals surface area contributed by atoms with Crippen molar-refractivity contribution in [3.8, 4) is 6.07 Å². The first-order valence-electron chi connectivity index (χ1n) is 7.66. The number of hydrogen-bond donors (Lipinski definition) is 0. The molecule has 0 aliphatic rings. The van der Waals surface area contributed by atoms with Gasteiger partial charge in [-0.2, -0.15) is 5.26 Å². The predicted octanol–water partition coefficient (Wildman–Crippen LogP) is 3.72. The molecule has 118 valence electrons. The first kappa shape index (κ1) is 17.9. The van der Waals surface area contributed by atoms with Gasteiger partial charge in [-0.25, -0.2) is 0 Å². The molecule has 0 unspecified atom stereocenters. The van der Waals surface area contributed by atoms with E-state index in [1.54, 1.807) is 6.92 Å². The van der Waals surface area contributed by atoms with Gasteiger partial charge in [0.05, 0.1) is 18.7 Å². The molecule has 0 aromatic heterocycles.